The number of imidazole rings is 1. The lowest BCUT2D eigenvalue weighted by atomic mass is 10.3. The highest BCUT2D eigenvalue weighted by Crippen LogP contribution is 2.15. The molecule has 5 nitrogen and oxygen atoms in total. The molecule has 0 aliphatic rings. The van der Waals surface area contributed by atoms with Crippen LogP contribution < -0.4 is 5.76 Å². The second-order valence-corrected chi connectivity index (χ2v) is 4.62. The lowest BCUT2D eigenvalue weighted by Gasteiger charge is -1.98. The van der Waals surface area contributed by atoms with Gasteiger partial charge in [0.25, 0.3) is 0 Å². The van der Waals surface area contributed by atoms with Crippen molar-refractivity contribution >= 4 is 22.1 Å². The number of nitrogens with one attached hydrogen (secondary N) is 1. The molecule has 98 valence electrons. The number of fused-ring (bicyclic) bond motifs is 2. The Morgan fingerprint density at radius 1 is 1.10 bits per heavy atom. The number of oxazole rings is 1. The maximum Gasteiger partial charge on any atom is 0.420 e. The van der Waals surface area contributed by atoms with Crippen molar-refractivity contribution < 1.29 is 4.42 Å². The Bertz CT molecular complexity index is 929. The van der Waals surface area contributed by atoms with E-state index in [0.717, 1.165) is 22.4 Å². The number of benzene rings is 2. The van der Waals surface area contributed by atoms with Crippen molar-refractivity contribution in [3.63, 3.8) is 0 Å². The van der Waals surface area contributed by atoms with Gasteiger partial charge in [0.15, 0.2) is 5.58 Å². The first-order valence-corrected chi connectivity index (χ1v) is 6.33. The number of hydrogen-bond donors (Lipinski definition) is 1. The molecule has 0 atom stereocenters. The first-order chi connectivity index (χ1) is 9.81. The molecule has 4 aromatic rings. The topological polar surface area (TPSA) is 63.8 Å². The number of rotatable bonds is 2. The summed E-state index contributed by atoms with van der Waals surface area (Å²) in [6.07, 6.45) is 0. The summed E-state index contributed by atoms with van der Waals surface area (Å²) in [7, 11) is 0. The van der Waals surface area contributed by atoms with Gasteiger partial charge in [-0.2, -0.15) is 0 Å². The van der Waals surface area contributed by atoms with E-state index in [9.17, 15) is 4.79 Å². The molecule has 2 heterocycles. The zero-order valence-electron chi connectivity index (χ0n) is 10.5. The number of nitrogens with zero attached hydrogens (tertiary/aromatic N) is 2. The van der Waals surface area contributed by atoms with Crippen LogP contribution in [0.2, 0.25) is 0 Å². The van der Waals surface area contributed by atoms with E-state index in [2.05, 4.69) is 9.97 Å². The van der Waals surface area contributed by atoms with Crippen molar-refractivity contribution in [1.82, 2.24) is 14.5 Å². The van der Waals surface area contributed by atoms with Gasteiger partial charge in [-0.1, -0.05) is 24.3 Å². The normalized spacial score (nSPS) is 11.4. The third-order valence-corrected chi connectivity index (χ3v) is 3.32. The van der Waals surface area contributed by atoms with E-state index < -0.39 is 0 Å². The van der Waals surface area contributed by atoms with Crippen LogP contribution in [0.3, 0.4) is 0 Å². The number of aromatic amines is 1. The molecular formula is C15H11N3O2. The fourth-order valence-electron chi connectivity index (χ4n) is 2.39. The van der Waals surface area contributed by atoms with E-state index in [-0.39, 0.29) is 5.76 Å². The first-order valence-electron chi connectivity index (χ1n) is 6.33. The second kappa shape index (κ2) is 4.09. The summed E-state index contributed by atoms with van der Waals surface area (Å²) in [6, 6.07) is 15.2. The van der Waals surface area contributed by atoms with E-state index in [0.29, 0.717) is 12.1 Å². The van der Waals surface area contributed by atoms with Crippen LogP contribution in [0, 0.1) is 0 Å². The molecule has 20 heavy (non-hydrogen) atoms. The van der Waals surface area contributed by atoms with E-state index in [1.807, 2.05) is 42.5 Å². The molecule has 0 spiro atoms. The Hall–Kier alpha value is -2.82. The molecule has 0 aliphatic carbocycles. The summed E-state index contributed by atoms with van der Waals surface area (Å²) < 4.78 is 6.79. The van der Waals surface area contributed by atoms with Gasteiger partial charge < -0.3 is 9.40 Å². The zero-order chi connectivity index (χ0) is 13.5. The Morgan fingerprint density at radius 2 is 1.90 bits per heavy atom. The SMILES string of the molecule is O=c1oc2ccccc2n1Cc1nc2ccccc2[nH]1. The van der Waals surface area contributed by atoms with Gasteiger partial charge in [0.1, 0.15) is 5.82 Å². The van der Waals surface area contributed by atoms with Gasteiger partial charge in [0, 0.05) is 0 Å². The molecule has 0 bridgehead atoms. The maximum absolute atomic E-state index is 11.9. The summed E-state index contributed by atoms with van der Waals surface area (Å²) in [5, 5.41) is 0. The van der Waals surface area contributed by atoms with Crippen LogP contribution in [0.5, 0.6) is 0 Å². The average Bonchev–Trinajstić information content (AvgIpc) is 3.00. The summed E-state index contributed by atoms with van der Waals surface area (Å²) in [6.45, 7) is 0.366. The number of aromatic nitrogens is 3. The molecule has 0 radical (unpaired) electrons. The third kappa shape index (κ3) is 1.64. The van der Waals surface area contributed by atoms with E-state index in [1.165, 1.54) is 0 Å². The summed E-state index contributed by atoms with van der Waals surface area (Å²) >= 11 is 0. The number of para-hydroxylation sites is 4. The van der Waals surface area contributed by atoms with Crippen LogP contribution in [0.4, 0.5) is 0 Å². The highest BCUT2D eigenvalue weighted by molar-refractivity contribution is 5.75. The van der Waals surface area contributed by atoms with Crippen molar-refractivity contribution in [2.45, 2.75) is 6.54 Å². The molecule has 2 aromatic heterocycles. The van der Waals surface area contributed by atoms with Crippen molar-refractivity contribution in [1.29, 1.82) is 0 Å². The van der Waals surface area contributed by atoms with Crippen LogP contribution in [-0.4, -0.2) is 14.5 Å². The standard InChI is InChI=1S/C15H11N3O2/c19-15-18(12-7-3-4-8-13(12)20-15)9-14-16-10-5-1-2-6-11(10)17-14/h1-8H,9H2,(H,16,17). The predicted octanol–water partition coefficient (Wildman–Crippen LogP) is 2.52. The Labute approximate surface area is 113 Å². The lowest BCUT2D eigenvalue weighted by Crippen LogP contribution is -2.15. The fraction of sp³-hybridized carbons (Fsp3) is 0.0667. The molecule has 0 aliphatic heterocycles. The van der Waals surface area contributed by atoms with Gasteiger partial charge in [0.05, 0.1) is 23.1 Å². The van der Waals surface area contributed by atoms with Gasteiger partial charge >= 0.3 is 5.76 Å². The summed E-state index contributed by atoms with van der Waals surface area (Å²) in [4.78, 5) is 19.6. The maximum atomic E-state index is 11.9. The molecule has 4 rings (SSSR count). The van der Waals surface area contributed by atoms with Gasteiger partial charge in [-0.05, 0) is 24.3 Å². The quantitative estimate of drug-likeness (QED) is 0.605. The third-order valence-electron chi connectivity index (χ3n) is 3.32. The molecule has 0 saturated carbocycles. The van der Waals surface area contributed by atoms with Crippen molar-refractivity contribution in [2.24, 2.45) is 0 Å². The van der Waals surface area contributed by atoms with Gasteiger partial charge in [0.2, 0.25) is 0 Å². The number of hydrogen-bond acceptors (Lipinski definition) is 3. The first kappa shape index (κ1) is 11.0. The minimum Gasteiger partial charge on any atom is -0.408 e. The predicted molar refractivity (Wildman–Crippen MR) is 75.7 cm³/mol. The van der Waals surface area contributed by atoms with Crippen LogP contribution in [0.25, 0.3) is 22.1 Å². The fourth-order valence-corrected chi connectivity index (χ4v) is 2.39. The zero-order valence-corrected chi connectivity index (χ0v) is 10.5. The Balaban J connectivity index is 1.84. The molecular weight excluding hydrogens is 254 g/mol. The van der Waals surface area contributed by atoms with Crippen LogP contribution in [-0.2, 0) is 6.54 Å². The molecule has 0 saturated heterocycles. The van der Waals surface area contributed by atoms with E-state index in [1.54, 1.807) is 10.6 Å². The minimum atomic E-state index is -0.369. The Morgan fingerprint density at radius 3 is 2.80 bits per heavy atom. The lowest BCUT2D eigenvalue weighted by molar-refractivity contribution is 0.514. The molecule has 2 aromatic carbocycles. The second-order valence-electron chi connectivity index (χ2n) is 4.62. The molecule has 1 N–H and O–H groups in total. The van der Waals surface area contributed by atoms with Crippen LogP contribution in [0.1, 0.15) is 5.82 Å². The van der Waals surface area contributed by atoms with E-state index in [4.69, 9.17) is 4.42 Å². The van der Waals surface area contributed by atoms with E-state index >= 15 is 0 Å². The smallest absolute Gasteiger partial charge is 0.408 e. The monoisotopic (exact) mass is 265 g/mol. The summed E-state index contributed by atoms with van der Waals surface area (Å²) in [5.74, 6) is 0.367. The molecule has 0 amide bonds. The minimum absolute atomic E-state index is 0.366. The van der Waals surface area contributed by atoms with Gasteiger partial charge in [-0.15, -0.1) is 0 Å². The molecule has 0 unspecified atom stereocenters. The average molecular weight is 265 g/mol. The Kier molecular flexibility index (Phi) is 2.26. The van der Waals surface area contributed by atoms with Crippen molar-refractivity contribution in [3.05, 3.63) is 64.9 Å². The van der Waals surface area contributed by atoms with Crippen molar-refractivity contribution in [2.75, 3.05) is 0 Å². The molecule has 0 fully saturated rings. The highest BCUT2D eigenvalue weighted by Gasteiger charge is 2.10. The molecule has 5 heteroatoms. The number of H-pyrrole nitrogens is 1. The largest absolute Gasteiger partial charge is 0.420 e. The van der Waals surface area contributed by atoms with Crippen LogP contribution in [0.15, 0.2) is 57.7 Å². The van der Waals surface area contributed by atoms with Crippen molar-refractivity contribution in [3.8, 4) is 0 Å². The van der Waals surface area contributed by atoms with Gasteiger partial charge in [-0.25, -0.2) is 9.78 Å². The summed E-state index contributed by atoms with van der Waals surface area (Å²) in [5.41, 5.74) is 3.22. The van der Waals surface area contributed by atoms with Gasteiger partial charge in [-0.3, -0.25) is 4.57 Å². The highest BCUT2D eigenvalue weighted by atomic mass is 16.4. The van der Waals surface area contributed by atoms with Crippen LogP contribution >= 0.6 is 0 Å².